The molecule has 0 radical (unpaired) electrons. The van der Waals surface area contributed by atoms with Crippen LogP contribution in [0.15, 0.2) is 0 Å². The van der Waals surface area contributed by atoms with Crippen LogP contribution in [-0.4, -0.2) is 87.2 Å². The average molecular weight is 751 g/mol. The quantitative estimate of drug-likeness (QED) is 0.138. The van der Waals surface area contributed by atoms with E-state index in [1.54, 1.807) is 18.7 Å². The van der Waals surface area contributed by atoms with Gasteiger partial charge in [0.15, 0.2) is 5.78 Å². The summed E-state index contributed by atoms with van der Waals surface area (Å²) in [5.74, 6) is -3.59. The van der Waals surface area contributed by atoms with Crippen molar-refractivity contribution in [1.82, 2.24) is 31.2 Å². The SMILES string of the molecule is CCC[C@H](NC(=O)[C@@H]1C[C@@H]2CCCC[C@@H]2N1C(=O)[C@@H](NC(=O)C(NC(=O)c1[nH]c(C)c(C)c1C(C)=O)C1CCCCC1)C(C)(C)C)C(=O)C(=O)NC1CC1. The van der Waals surface area contributed by atoms with Gasteiger partial charge in [0.25, 0.3) is 11.8 Å². The number of nitrogens with zero attached hydrogens (tertiary/aromatic N) is 1. The lowest BCUT2D eigenvalue weighted by molar-refractivity contribution is -0.147. The minimum atomic E-state index is -1.04. The predicted octanol–water partition coefficient (Wildman–Crippen LogP) is 4.34. The van der Waals surface area contributed by atoms with E-state index in [0.29, 0.717) is 36.1 Å². The summed E-state index contributed by atoms with van der Waals surface area (Å²) in [6, 6.07) is -4.08. The number of nitrogens with one attached hydrogen (secondary N) is 5. The average Bonchev–Trinajstić information content (AvgIpc) is 3.77. The van der Waals surface area contributed by atoms with Crippen LogP contribution in [0, 0.1) is 31.1 Å². The van der Waals surface area contributed by atoms with Crippen molar-refractivity contribution in [3.05, 3.63) is 22.5 Å². The van der Waals surface area contributed by atoms with E-state index < -0.39 is 59.0 Å². The summed E-state index contributed by atoms with van der Waals surface area (Å²) in [5, 5.41) is 11.6. The number of Topliss-reactive ketones (excluding diaryl/α,β-unsaturated/α-hetero) is 2. The highest BCUT2D eigenvalue weighted by molar-refractivity contribution is 6.38. The first-order chi connectivity index (χ1) is 25.5. The first-order valence-corrected chi connectivity index (χ1v) is 20.3. The van der Waals surface area contributed by atoms with E-state index in [0.717, 1.165) is 70.6 Å². The molecule has 5 rings (SSSR count). The topological polar surface area (TPSA) is 187 Å². The smallest absolute Gasteiger partial charge is 0.289 e. The Kier molecular flexibility index (Phi) is 13.1. The summed E-state index contributed by atoms with van der Waals surface area (Å²) >= 11 is 0. The Hall–Kier alpha value is -4.03. The Morgan fingerprint density at radius 1 is 0.852 bits per heavy atom. The summed E-state index contributed by atoms with van der Waals surface area (Å²) in [4.78, 5) is 101. The van der Waals surface area contributed by atoms with Gasteiger partial charge in [-0.1, -0.05) is 66.2 Å². The summed E-state index contributed by atoms with van der Waals surface area (Å²) in [5.41, 5.74) is 1.01. The largest absolute Gasteiger partial charge is 0.354 e. The molecule has 54 heavy (non-hydrogen) atoms. The molecule has 1 aromatic heterocycles. The molecule has 4 aliphatic rings. The highest BCUT2D eigenvalue weighted by atomic mass is 16.2. The van der Waals surface area contributed by atoms with Crippen molar-refractivity contribution in [3.8, 4) is 0 Å². The van der Waals surface area contributed by atoms with Gasteiger partial charge >= 0.3 is 0 Å². The standard InChI is InChI=1S/C41H62N6O7/c1-8-14-28(34(49)39(53)43-27-19-20-27)44-36(50)30-21-26-17-12-13-18-29(26)47(30)40(54)35(41(5,6)7)46-37(51)32(25-15-10-9-11-16-25)45-38(52)33-31(24(4)48)22(2)23(3)42-33/h25-30,32,35,42H,8-21H2,1-7H3,(H,43,53)(H,44,50)(H,45,52)(H,46,51)/t26-,28-,29-,30-,32?,35+/m0/s1. The number of ketones is 2. The lowest BCUT2D eigenvalue weighted by Crippen LogP contribution is -2.63. The van der Waals surface area contributed by atoms with Crippen LogP contribution in [0.1, 0.15) is 157 Å². The Morgan fingerprint density at radius 2 is 1.50 bits per heavy atom. The molecule has 4 fully saturated rings. The van der Waals surface area contributed by atoms with Gasteiger partial charge < -0.3 is 31.2 Å². The van der Waals surface area contributed by atoms with Crippen LogP contribution in [0.5, 0.6) is 0 Å². The van der Waals surface area contributed by atoms with Gasteiger partial charge in [-0.15, -0.1) is 0 Å². The zero-order valence-corrected chi connectivity index (χ0v) is 33.3. The van der Waals surface area contributed by atoms with Crippen LogP contribution in [0.4, 0.5) is 0 Å². The number of aromatic amines is 1. The lowest BCUT2D eigenvalue weighted by Gasteiger charge is -2.40. The van der Waals surface area contributed by atoms with Crippen molar-refractivity contribution < 1.29 is 33.6 Å². The maximum absolute atomic E-state index is 15.0. The maximum atomic E-state index is 15.0. The van der Waals surface area contributed by atoms with Gasteiger partial charge in [0, 0.05) is 17.8 Å². The lowest BCUT2D eigenvalue weighted by atomic mass is 9.81. The van der Waals surface area contributed by atoms with E-state index >= 15 is 0 Å². The number of H-pyrrole nitrogens is 1. The van der Waals surface area contributed by atoms with Gasteiger partial charge in [-0.2, -0.15) is 0 Å². The van der Waals surface area contributed by atoms with Crippen molar-refractivity contribution in [2.24, 2.45) is 17.3 Å². The third-order valence-corrected chi connectivity index (χ3v) is 12.2. The number of rotatable bonds is 14. The van der Waals surface area contributed by atoms with Gasteiger partial charge in [0.1, 0.15) is 23.8 Å². The number of hydrogen-bond acceptors (Lipinski definition) is 7. The van der Waals surface area contributed by atoms with Crippen molar-refractivity contribution in [2.45, 2.75) is 175 Å². The first kappa shape index (κ1) is 41.1. The van der Waals surface area contributed by atoms with Crippen LogP contribution in [-0.2, 0) is 24.0 Å². The minimum Gasteiger partial charge on any atom is -0.354 e. The molecule has 6 atom stereocenters. The molecule has 5 N–H and O–H groups in total. The fourth-order valence-electron chi connectivity index (χ4n) is 8.92. The number of carbonyl (C=O) groups excluding carboxylic acids is 7. The van der Waals surface area contributed by atoms with Crippen molar-refractivity contribution >= 4 is 41.1 Å². The molecule has 5 amide bonds. The molecule has 1 unspecified atom stereocenters. The molecule has 3 aliphatic carbocycles. The van der Waals surface area contributed by atoms with Crippen LogP contribution in [0.3, 0.4) is 0 Å². The summed E-state index contributed by atoms with van der Waals surface area (Å²) in [7, 11) is 0. The molecule has 298 valence electrons. The van der Waals surface area contributed by atoms with E-state index in [4.69, 9.17) is 0 Å². The number of amides is 5. The molecule has 0 aromatic carbocycles. The second-order valence-corrected chi connectivity index (χ2v) is 17.4. The fraction of sp³-hybridized carbons (Fsp3) is 0.732. The predicted molar refractivity (Wildman–Crippen MR) is 203 cm³/mol. The van der Waals surface area contributed by atoms with Gasteiger partial charge in [-0.05, 0) is 95.0 Å². The molecule has 13 heteroatoms. The van der Waals surface area contributed by atoms with Crippen LogP contribution in [0.2, 0.25) is 0 Å². The van der Waals surface area contributed by atoms with E-state index in [1.807, 2.05) is 27.7 Å². The Bertz CT molecular complexity index is 1620. The van der Waals surface area contributed by atoms with Crippen molar-refractivity contribution in [2.75, 3.05) is 0 Å². The third-order valence-electron chi connectivity index (χ3n) is 12.2. The van der Waals surface area contributed by atoms with E-state index in [-0.39, 0.29) is 41.3 Å². The molecule has 13 nitrogen and oxygen atoms in total. The molecular formula is C41H62N6O7. The maximum Gasteiger partial charge on any atom is 0.289 e. The van der Waals surface area contributed by atoms with E-state index in [2.05, 4.69) is 26.3 Å². The Labute approximate surface area is 319 Å². The highest BCUT2D eigenvalue weighted by Crippen LogP contribution is 2.41. The van der Waals surface area contributed by atoms with Gasteiger partial charge in [0.05, 0.1) is 11.6 Å². The zero-order chi connectivity index (χ0) is 39.5. The van der Waals surface area contributed by atoms with Crippen molar-refractivity contribution in [3.63, 3.8) is 0 Å². The van der Waals surface area contributed by atoms with Gasteiger partial charge in [-0.25, -0.2) is 0 Å². The van der Waals surface area contributed by atoms with Crippen molar-refractivity contribution in [1.29, 1.82) is 0 Å². The highest BCUT2D eigenvalue weighted by Gasteiger charge is 2.51. The molecule has 1 saturated heterocycles. The number of carbonyl (C=O) groups is 7. The number of fused-ring (bicyclic) bond motifs is 1. The Morgan fingerprint density at radius 3 is 2.11 bits per heavy atom. The number of hydrogen-bond donors (Lipinski definition) is 5. The Balaban J connectivity index is 1.41. The fourth-order valence-corrected chi connectivity index (χ4v) is 8.92. The monoisotopic (exact) mass is 750 g/mol. The molecule has 2 heterocycles. The number of likely N-dealkylation sites (tertiary alicyclic amines) is 1. The third kappa shape index (κ3) is 9.25. The van der Waals surface area contributed by atoms with E-state index in [9.17, 15) is 33.6 Å². The summed E-state index contributed by atoms with van der Waals surface area (Å²) in [6.45, 7) is 12.5. The normalized spacial score (nSPS) is 23.4. The van der Waals surface area contributed by atoms with Gasteiger partial charge in [0.2, 0.25) is 23.5 Å². The van der Waals surface area contributed by atoms with E-state index in [1.165, 1.54) is 6.92 Å². The minimum absolute atomic E-state index is 0.000881. The second kappa shape index (κ2) is 17.2. The zero-order valence-electron chi connectivity index (χ0n) is 33.3. The number of aryl methyl sites for hydroxylation is 1. The van der Waals surface area contributed by atoms with Gasteiger partial charge in [-0.3, -0.25) is 33.6 Å². The van der Waals surface area contributed by atoms with Crippen LogP contribution in [0.25, 0.3) is 0 Å². The molecule has 1 aliphatic heterocycles. The van der Waals surface area contributed by atoms with Crippen LogP contribution < -0.4 is 21.3 Å². The first-order valence-electron chi connectivity index (χ1n) is 20.3. The van der Waals surface area contributed by atoms with Crippen LogP contribution >= 0.6 is 0 Å². The molecule has 0 spiro atoms. The molecular weight excluding hydrogens is 688 g/mol. The summed E-state index contributed by atoms with van der Waals surface area (Å²) < 4.78 is 0. The summed E-state index contributed by atoms with van der Waals surface area (Å²) in [6.07, 6.45) is 10.7. The molecule has 1 aromatic rings. The molecule has 3 saturated carbocycles. The second-order valence-electron chi connectivity index (χ2n) is 17.4. The number of aromatic nitrogens is 1. The molecule has 0 bridgehead atoms.